The second-order valence-electron chi connectivity index (χ2n) is 9.09. The van der Waals surface area contributed by atoms with E-state index in [2.05, 4.69) is 21.2 Å². The predicted octanol–water partition coefficient (Wildman–Crippen LogP) is 2.52. The molecular formula is C25H27N5O2. The molecule has 2 aliphatic rings. The third-order valence-corrected chi connectivity index (χ3v) is 6.75. The first-order valence-corrected chi connectivity index (χ1v) is 11.0. The molecule has 2 fully saturated rings. The molecule has 3 aromatic rings. The van der Waals surface area contributed by atoms with Crippen LogP contribution >= 0.6 is 0 Å². The topological polar surface area (TPSA) is 82.2 Å². The third-order valence-electron chi connectivity index (χ3n) is 6.75. The third kappa shape index (κ3) is 3.57. The summed E-state index contributed by atoms with van der Waals surface area (Å²) in [5.74, 6) is 1.67. The van der Waals surface area contributed by atoms with Crippen LogP contribution in [0.15, 0.2) is 54.6 Å². The molecule has 32 heavy (non-hydrogen) atoms. The lowest BCUT2D eigenvalue weighted by Crippen LogP contribution is -2.42. The lowest BCUT2D eigenvalue weighted by Gasteiger charge is -2.27. The summed E-state index contributed by atoms with van der Waals surface area (Å²) in [4.78, 5) is 34.8. The van der Waals surface area contributed by atoms with Gasteiger partial charge in [0.25, 0.3) is 5.91 Å². The highest BCUT2D eigenvalue weighted by molar-refractivity contribution is 5.94. The Bertz CT molecular complexity index is 1160. The summed E-state index contributed by atoms with van der Waals surface area (Å²) < 4.78 is 0. The minimum Gasteiger partial charge on any atom is -0.341 e. The van der Waals surface area contributed by atoms with Crippen molar-refractivity contribution in [3.05, 3.63) is 82.9 Å². The van der Waals surface area contributed by atoms with Gasteiger partial charge in [-0.05, 0) is 31.5 Å². The number of rotatable bonds is 4. The minimum atomic E-state index is -0.447. The highest BCUT2D eigenvalue weighted by Crippen LogP contribution is 2.44. The van der Waals surface area contributed by atoms with Crippen molar-refractivity contribution >= 4 is 11.8 Å². The highest BCUT2D eigenvalue weighted by Gasteiger charge is 2.57. The maximum absolute atomic E-state index is 13.2. The van der Waals surface area contributed by atoms with Gasteiger partial charge in [0.15, 0.2) is 5.82 Å². The fourth-order valence-corrected chi connectivity index (χ4v) is 5.16. The van der Waals surface area contributed by atoms with Crippen molar-refractivity contribution in [2.75, 3.05) is 26.2 Å². The van der Waals surface area contributed by atoms with Gasteiger partial charge in [0.2, 0.25) is 5.91 Å². The molecule has 0 spiro atoms. The summed E-state index contributed by atoms with van der Waals surface area (Å²) in [5, 5.41) is 7.43. The van der Waals surface area contributed by atoms with E-state index in [1.54, 1.807) is 0 Å². The number of hydrogen-bond acceptors (Lipinski definition) is 4. The summed E-state index contributed by atoms with van der Waals surface area (Å²) in [5.41, 5.74) is 2.41. The molecule has 0 bridgehead atoms. The zero-order chi connectivity index (χ0) is 22.3. The van der Waals surface area contributed by atoms with Gasteiger partial charge in [-0.15, -0.1) is 0 Å². The zero-order valence-electron chi connectivity index (χ0n) is 18.4. The van der Waals surface area contributed by atoms with Crippen LogP contribution in [0.3, 0.4) is 0 Å². The fraction of sp³-hybridized carbons (Fsp3) is 0.360. The van der Waals surface area contributed by atoms with Crippen molar-refractivity contribution in [2.45, 2.75) is 25.7 Å². The molecule has 2 amide bonds. The Labute approximate surface area is 187 Å². The van der Waals surface area contributed by atoms with Crippen LogP contribution in [-0.4, -0.2) is 63.0 Å². The van der Waals surface area contributed by atoms with Crippen molar-refractivity contribution in [3.63, 3.8) is 0 Å². The minimum absolute atomic E-state index is 0.0178. The van der Waals surface area contributed by atoms with Crippen molar-refractivity contribution in [3.8, 4) is 0 Å². The molecule has 0 aliphatic carbocycles. The summed E-state index contributed by atoms with van der Waals surface area (Å²) in [6, 6.07) is 17.4. The van der Waals surface area contributed by atoms with Gasteiger partial charge in [-0.2, -0.15) is 5.10 Å². The maximum atomic E-state index is 13.2. The van der Waals surface area contributed by atoms with E-state index in [9.17, 15) is 9.59 Å². The maximum Gasteiger partial charge on any atom is 0.253 e. The van der Waals surface area contributed by atoms with Gasteiger partial charge in [0.1, 0.15) is 5.82 Å². The van der Waals surface area contributed by atoms with Crippen LogP contribution in [-0.2, 0) is 16.6 Å². The number of aromatic nitrogens is 3. The average molecular weight is 430 g/mol. The number of aromatic amines is 1. The number of carbonyl (C=O) groups is 2. The number of hydrogen-bond donors (Lipinski definition) is 1. The van der Waals surface area contributed by atoms with Gasteiger partial charge in [0, 0.05) is 37.7 Å². The Balaban J connectivity index is 1.39. The molecule has 2 aromatic carbocycles. The molecule has 1 N–H and O–H groups in total. The van der Waals surface area contributed by atoms with Crippen LogP contribution < -0.4 is 0 Å². The van der Waals surface area contributed by atoms with E-state index in [1.807, 2.05) is 72.2 Å². The second-order valence-corrected chi connectivity index (χ2v) is 9.09. The SMILES string of the molecule is Cc1cccc(CC(=O)N2C[C@@H]3CN(C(=O)c4ccccc4)C[C@]3(c3n[nH]c(C)n3)C2)c1. The zero-order valence-corrected chi connectivity index (χ0v) is 18.4. The number of likely N-dealkylation sites (tertiary alicyclic amines) is 2. The number of benzene rings is 2. The molecule has 0 unspecified atom stereocenters. The molecule has 0 radical (unpaired) electrons. The average Bonchev–Trinajstić information content (AvgIpc) is 3.46. The fourth-order valence-electron chi connectivity index (χ4n) is 5.16. The predicted molar refractivity (Wildman–Crippen MR) is 120 cm³/mol. The van der Waals surface area contributed by atoms with Gasteiger partial charge >= 0.3 is 0 Å². The molecule has 7 heteroatoms. The molecule has 3 heterocycles. The molecular weight excluding hydrogens is 402 g/mol. The van der Waals surface area contributed by atoms with Gasteiger partial charge in [-0.3, -0.25) is 14.7 Å². The van der Waals surface area contributed by atoms with Crippen molar-refractivity contribution in [1.82, 2.24) is 25.0 Å². The Hall–Kier alpha value is -3.48. The summed E-state index contributed by atoms with van der Waals surface area (Å²) >= 11 is 0. The van der Waals surface area contributed by atoms with E-state index < -0.39 is 5.41 Å². The van der Waals surface area contributed by atoms with E-state index >= 15 is 0 Å². The number of amides is 2. The standard InChI is InChI=1S/C25H27N5O2/c1-17-7-6-8-19(11-17)12-22(31)29-13-21-14-30(23(32)20-9-4-3-5-10-20)16-25(21,15-29)24-26-18(2)27-28-24/h3-11,21H,12-16H2,1-2H3,(H,26,27,28)/t21-,25-/m1/s1. The van der Waals surface area contributed by atoms with E-state index in [4.69, 9.17) is 0 Å². The number of aryl methyl sites for hydroxylation is 2. The quantitative estimate of drug-likeness (QED) is 0.691. The second kappa shape index (κ2) is 7.89. The Morgan fingerprint density at radius 2 is 1.78 bits per heavy atom. The van der Waals surface area contributed by atoms with E-state index in [1.165, 1.54) is 0 Å². The summed E-state index contributed by atoms with van der Waals surface area (Å²) in [6.45, 7) is 6.15. The van der Waals surface area contributed by atoms with Gasteiger partial charge in [-0.1, -0.05) is 48.0 Å². The molecule has 0 saturated carbocycles. The van der Waals surface area contributed by atoms with Crippen LogP contribution in [0.1, 0.15) is 33.1 Å². The summed E-state index contributed by atoms with van der Waals surface area (Å²) in [6.07, 6.45) is 0.379. The van der Waals surface area contributed by atoms with Gasteiger partial charge in [0.05, 0.1) is 11.8 Å². The highest BCUT2D eigenvalue weighted by atomic mass is 16.2. The van der Waals surface area contributed by atoms with Crippen LogP contribution in [0, 0.1) is 19.8 Å². The normalized spacial score (nSPS) is 22.2. The first kappa shape index (κ1) is 20.4. The molecule has 1 aromatic heterocycles. The number of nitrogens with one attached hydrogen (secondary N) is 1. The Morgan fingerprint density at radius 3 is 2.50 bits per heavy atom. The van der Waals surface area contributed by atoms with Crippen LogP contribution in [0.25, 0.3) is 0 Å². The Kier molecular flexibility index (Phi) is 5.04. The van der Waals surface area contributed by atoms with E-state index in [0.717, 1.165) is 17.0 Å². The molecule has 2 atom stereocenters. The monoisotopic (exact) mass is 429 g/mol. The first-order chi connectivity index (χ1) is 15.4. The van der Waals surface area contributed by atoms with Crippen LogP contribution in [0.4, 0.5) is 0 Å². The first-order valence-electron chi connectivity index (χ1n) is 11.0. The van der Waals surface area contributed by atoms with Gasteiger partial charge < -0.3 is 9.80 Å². The molecule has 2 saturated heterocycles. The van der Waals surface area contributed by atoms with E-state index in [0.29, 0.717) is 44.0 Å². The van der Waals surface area contributed by atoms with Crippen molar-refractivity contribution < 1.29 is 9.59 Å². The number of H-pyrrole nitrogens is 1. The number of carbonyl (C=O) groups excluding carboxylic acids is 2. The molecule has 5 rings (SSSR count). The smallest absolute Gasteiger partial charge is 0.253 e. The number of nitrogens with zero attached hydrogens (tertiary/aromatic N) is 4. The molecule has 7 nitrogen and oxygen atoms in total. The van der Waals surface area contributed by atoms with Crippen LogP contribution in [0.5, 0.6) is 0 Å². The van der Waals surface area contributed by atoms with Crippen molar-refractivity contribution in [1.29, 1.82) is 0 Å². The lowest BCUT2D eigenvalue weighted by atomic mass is 9.80. The van der Waals surface area contributed by atoms with Crippen LogP contribution in [0.2, 0.25) is 0 Å². The lowest BCUT2D eigenvalue weighted by molar-refractivity contribution is -0.129. The van der Waals surface area contributed by atoms with Gasteiger partial charge in [-0.25, -0.2) is 4.98 Å². The summed E-state index contributed by atoms with van der Waals surface area (Å²) in [7, 11) is 0. The molecule has 2 aliphatic heterocycles. The Morgan fingerprint density at radius 1 is 1.03 bits per heavy atom. The van der Waals surface area contributed by atoms with E-state index in [-0.39, 0.29) is 17.7 Å². The molecule has 164 valence electrons. The largest absolute Gasteiger partial charge is 0.341 e. The van der Waals surface area contributed by atoms with Crippen molar-refractivity contribution in [2.24, 2.45) is 5.92 Å². The number of fused-ring (bicyclic) bond motifs is 1.